The number of benzene rings is 2. The van der Waals surface area contributed by atoms with Crippen LogP contribution >= 0.6 is 39.0 Å². The Balaban J connectivity index is 1.33. The minimum absolute atomic E-state index is 0.123. The molecule has 0 aliphatic heterocycles. The molecule has 168 valence electrons. The van der Waals surface area contributed by atoms with E-state index in [9.17, 15) is 4.79 Å². The molecule has 2 heterocycles. The van der Waals surface area contributed by atoms with Crippen molar-refractivity contribution in [3.8, 4) is 0 Å². The summed E-state index contributed by atoms with van der Waals surface area (Å²) >= 11 is 6.30. The van der Waals surface area contributed by atoms with Gasteiger partial charge in [0.2, 0.25) is 5.91 Å². The highest BCUT2D eigenvalue weighted by atomic mass is 79.9. The number of hydrogen-bond donors (Lipinski definition) is 1. The van der Waals surface area contributed by atoms with Crippen molar-refractivity contribution in [2.75, 3.05) is 11.1 Å². The summed E-state index contributed by atoms with van der Waals surface area (Å²) in [7, 11) is 0. The molecule has 2 aromatic carbocycles. The zero-order valence-electron chi connectivity index (χ0n) is 17.8. The lowest BCUT2D eigenvalue weighted by atomic mass is 10.1. The molecule has 33 heavy (non-hydrogen) atoms. The highest BCUT2D eigenvalue weighted by Crippen LogP contribution is 2.23. The number of thiazole rings is 1. The summed E-state index contributed by atoms with van der Waals surface area (Å²) in [6.45, 7) is 4.43. The maximum atomic E-state index is 12.5. The van der Waals surface area contributed by atoms with Crippen LogP contribution in [0.5, 0.6) is 0 Å². The number of hydrogen-bond acceptors (Lipinski definition) is 6. The fourth-order valence-corrected chi connectivity index (χ4v) is 5.08. The monoisotopic (exact) mass is 539 g/mol. The second kappa shape index (κ2) is 11.4. The van der Waals surface area contributed by atoms with E-state index in [0.29, 0.717) is 23.3 Å². The number of nitrogens with zero attached hydrogens (tertiary/aromatic N) is 4. The zero-order valence-corrected chi connectivity index (χ0v) is 21.0. The van der Waals surface area contributed by atoms with E-state index in [0.717, 1.165) is 27.2 Å². The molecule has 0 aliphatic carbocycles. The van der Waals surface area contributed by atoms with Crippen molar-refractivity contribution in [3.63, 3.8) is 0 Å². The third kappa shape index (κ3) is 6.63. The highest BCUT2D eigenvalue weighted by molar-refractivity contribution is 9.10. The first-order valence-corrected chi connectivity index (χ1v) is 12.9. The molecule has 0 saturated carbocycles. The van der Waals surface area contributed by atoms with Crippen molar-refractivity contribution in [2.24, 2.45) is 0 Å². The van der Waals surface area contributed by atoms with Crippen LogP contribution in [0.4, 0.5) is 5.13 Å². The van der Waals surface area contributed by atoms with Gasteiger partial charge in [0, 0.05) is 34.9 Å². The molecule has 0 radical (unpaired) electrons. The highest BCUT2D eigenvalue weighted by Gasteiger charge is 2.15. The standard InChI is InChI=1S/C24H22BrN5OS2/c1-2-12-30-21(14-17-6-4-3-5-7-17)28-29-24(30)32-16-22(31)27-23-26-15-20(33-23)13-18-8-10-19(25)11-9-18/h2-11,15H,1,12-14,16H2,(H,26,27,31). The van der Waals surface area contributed by atoms with E-state index in [-0.39, 0.29) is 11.7 Å². The van der Waals surface area contributed by atoms with Gasteiger partial charge >= 0.3 is 0 Å². The molecule has 9 heteroatoms. The largest absolute Gasteiger partial charge is 0.302 e. The second-order valence-corrected chi connectivity index (χ2v) is 10.2. The Kier molecular flexibility index (Phi) is 8.09. The molecule has 1 amide bonds. The second-order valence-electron chi connectivity index (χ2n) is 7.23. The molecule has 4 rings (SSSR count). The number of carbonyl (C=O) groups excluding carboxylic acids is 1. The maximum absolute atomic E-state index is 12.5. The summed E-state index contributed by atoms with van der Waals surface area (Å²) in [5.41, 5.74) is 2.36. The number of allylic oxidation sites excluding steroid dienone is 1. The number of aromatic nitrogens is 4. The van der Waals surface area contributed by atoms with Crippen molar-refractivity contribution < 1.29 is 4.79 Å². The van der Waals surface area contributed by atoms with Crippen LogP contribution in [0.3, 0.4) is 0 Å². The fraction of sp³-hybridized carbons (Fsp3) is 0.167. The molecule has 4 aromatic rings. The molecule has 0 spiro atoms. The first kappa shape index (κ1) is 23.4. The fourth-order valence-electron chi connectivity index (χ4n) is 3.18. The summed E-state index contributed by atoms with van der Waals surface area (Å²) in [6, 6.07) is 18.3. The van der Waals surface area contributed by atoms with Crippen LogP contribution in [-0.4, -0.2) is 31.4 Å². The Morgan fingerprint density at radius 2 is 1.85 bits per heavy atom. The Labute approximate surface area is 209 Å². The lowest BCUT2D eigenvalue weighted by Gasteiger charge is -2.07. The molecular weight excluding hydrogens is 518 g/mol. The van der Waals surface area contributed by atoms with Crippen LogP contribution in [0.25, 0.3) is 0 Å². The molecule has 0 fully saturated rings. The van der Waals surface area contributed by atoms with Gasteiger partial charge in [-0.05, 0) is 23.3 Å². The van der Waals surface area contributed by atoms with Gasteiger partial charge in [0.25, 0.3) is 0 Å². The Morgan fingerprint density at radius 3 is 2.61 bits per heavy atom. The van der Waals surface area contributed by atoms with Crippen LogP contribution in [0.15, 0.2) is 83.1 Å². The molecule has 0 atom stereocenters. The van der Waals surface area contributed by atoms with E-state index >= 15 is 0 Å². The van der Waals surface area contributed by atoms with Crippen LogP contribution < -0.4 is 5.32 Å². The summed E-state index contributed by atoms with van der Waals surface area (Å²) < 4.78 is 3.05. The molecule has 0 saturated heterocycles. The first-order chi connectivity index (χ1) is 16.1. The normalized spacial score (nSPS) is 10.8. The predicted octanol–water partition coefficient (Wildman–Crippen LogP) is 5.60. The van der Waals surface area contributed by atoms with Crippen LogP contribution in [-0.2, 0) is 24.2 Å². The van der Waals surface area contributed by atoms with Crippen LogP contribution in [0.1, 0.15) is 21.8 Å². The topological polar surface area (TPSA) is 72.7 Å². The number of thioether (sulfide) groups is 1. The van der Waals surface area contributed by atoms with Gasteiger partial charge in [0.15, 0.2) is 10.3 Å². The van der Waals surface area contributed by atoms with Gasteiger partial charge in [-0.3, -0.25) is 4.79 Å². The molecular formula is C24H22BrN5OS2. The van der Waals surface area contributed by atoms with E-state index in [1.54, 1.807) is 0 Å². The number of rotatable bonds is 10. The van der Waals surface area contributed by atoms with Gasteiger partial charge in [-0.1, -0.05) is 76.2 Å². The van der Waals surface area contributed by atoms with Crippen molar-refractivity contribution in [1.82, 2.24) is 19.7 Å². The Morgan fingerprint density at radius 1 is 1.09 bits per heavy atom. The molecule has 1 N–H and O–H groups in total. The van der Waals surface area contributed by atoms with Crippen LogP contribution in [0.2, 0.25) is 0 Å². The predicted molar refractivity (Wildman–Crippen MR) is 138 cm³/mol. The number of halogens is 1. The van der Waals surface area contributed by atoms with E-state index < -0.39 is 0 Å². The smallest absolute Gasteiger partial charge is 0.236 e. The van der Waals surface area contributed by atoms with Crippen molar-refractivity contribution in [1.29, 1.82) is 0 Å². The zero-order chi connectivity index (χ0) is 23.0. The third-order valence-corrected chi connectivity index (χ3v) is 7.14. The summed E-state index contributed by atoms with van der Waals surface area (Å²) in [6.07, 6.45) is 5.08. The summed E-state index contributed by atoms with van der Waals surface area (Å²) in [5, 5.41) is 12.8. The van der Waals surface area contributed by atoms with Gasteiger partial charge in [-0.25, -0.2) is 4.98 Å². The average molecular weight is 541 g/mol. The van der Waals surface area contributed by atoms with Crippen molar-refractivity contribution >= 4 is 50.1 Å². The molecule has 0 aliphatic rings. The SMILES string of the molecule is C=CCn1c(Cc2ccccc2)nnc1SCC(=O)Nc1ncc(Cc2ccc(Br)cc2)s1. The van der Waals surface area contributed by atoms with Gasteiger partial charge in [-0.15, -0.1) is 28.1 Å². The first-order valence-electron chi connectivity index (χ1n) is 10.3. The minimum atomic E-state index is -0.123. The molecule has 0 bridgehead atoms. The van der Waals surface area contributed by atoms with E-state index in [1.807, 2.05) is 47.2 Å². The van der Waals surface area contributed by atoms with Crippen LogP contribution in [0, 0.1) is 0 Å². The summed E-state index contributed by atoms with van der Waals surface area (Å²) in [5.74, 6) is 0.950. The number of anilines is 1. The number of carbonyl (C=O) groups is 1. The number of nitrogens with one attached hydrogen (secondary N) is 1. The Hall–Kier alpha value is -2.75. The van der Waals surface area contributed by atoms with Crippen molar-refractivity contribution in [3.05, 3.63) is 99.8 Å². The quantitative estimate of drug-likeness (QED) is 0.210. The van der Waals surface area contributed by atoms with E-state index in [2.05, 4.69) is 67.3 Å². The van der Waals surface area contributed by atoms with Crippen molar-refractivity contribution in [2.45, 2.75) is 24.5 Å². The van der Waals surface area contributed by atoms with E-state index in [4.69, 9.17) is 0 Å². The molecule has 2 aromatic heterocycles. The lowest BCUT2D eigenvalue weighted by Crippen LogP contribution is -2.14. The summed E-state index contributed by atoms with van der Waals surface area (Å²) in [4.78, 5) is 17.9. The van der Waals surface area contributed by atoms with E-state index in [1.165, 1.54) is 28.7 Å². The molecule has 0 unspecified atom stereocenters. The van der Waals surface area contributed by atoms with Gasteiger partial charge in [0.05, 0.1) is 5.75 Å². The van der Waals surface area contributed by atoms with Gasteiger partial charge in [-0.2, -0.15) is 0 Å². The van der Waals surface area contributed by atoms with Gasteiger partial charge < -0.3 is 9.88 Å². The number of amides is 1. The third-order valence-electron chi connectivity index (χ3n) is 4.73. The Bertz CT molecular complexity index is 1220. The van der Waals surface area contributed by atoms with Gasteiger partial charge in [0.1, 0.15) is 5.82 Å². The lowest BCUT2D eigenvalue weighted by molar-refractivity contribution is -0.113. The molecule has 6 nitrogen and oxygen atoms in total. The average Bonchev–Trinajstić information content (AvgIpc) is 3.41. The maximum Gasteiger partial charge on any atom is 0.236 e. The minimum Gasteiger partial charge on any atom is -0.302 e.